The molecule has 1 aliphatic carbocycles. The zero-order chi connectivity index (χ0) is 7.97. The molecule has 4 heteroatoms. The van der Waals surface area contributed by atoms with Crippen LogP contribution >= 0.6 is 0 Å². The van der Waals surface area contributed by atoms with Crippen LogP contribution in [-0.4, -0.2) is 16.0 Å². The number of hydrogen-bond donors (Lipinski definition) is 3. The van der Waals surface area contributed by atoms with E-state index in [4.69, 9.17) is 0 Å². The molecular weight excluding hydrogens is 152 g/mol. The van der Waals surface area contributed by atoms with Gasteiger partial charge in [0.1, 0.15) is 0 Å². The van der Waals surface area contributed by atoms with E-state index in [2.05, 4.69) is 33.0 Å². The highest BCUT2D eigenvalue weighted by atomic mass is 15.4. The quantitative estimate of drug-likeness (QED) is 0.426. The fourth-order valence-electron chi connectivity index (χ4n) is 1.55. The van der Waals surface area contributed by atoms with Crippen LogP contribution in [0, 0.1) is 0 Å². The van der Waals surface area contributed by atoms with E-state index in [-0.39, 0.29) is 6.04 Å². The Kier molecular flexibility index (Phi) is 0.995. The molecule has 0 spiro atoms. The first-order valence-electron chi connectivity index (χ1n) is 3.87. The summed E-state index contributed by atoms with van der Waals surface area (Å²) in [5.74, 6) is 0. The zero-order valence-electron chi connectivity index (χ0n) is 6.33. The van der Waals surface area contributed by atoms with Crippen molar-refractivity contribution in [3.05, 3.63) is 28.8 Å². The monoisotopic (exact) mass is 160 g/mol. The van der Waals surface area contributed by atoms with E-state index < -0.39 is 0 Å². The van der Waals surface area contributed by atoms with E-state index in [0.717, 1.165) is 10.7 Å². The molecule has 2 aliphatic rings. The van der Waals surface area contributed by atoms with Crippen LogP contribution in [0.4, 0.5) is 0 Å². The van der Waals surface area contributed by atoms with Crippen LogP contribution in [-0.2, 0) is 0 Å². The number of H-pyrrole nitrogens is 1. The summed E-state index contributed by atoms with van der Waals surface area (Å²) in [5, 5.41) is 2.11. The second-order valence-electron chi connectivity index (χ2n) is 2.92. The molecule has 0 fully saturated rings. The van der Waals surface area contributed by atoms with Crippen molar-refractivity contribution in [2.45, 2.75) is 6.04 Å². The molecule has 0 bridgehead atoms. The molecule has 1 aromatic heterocycles. The SMILES string of the molecule is C1=C2C=c3[nH]cnc3=CC2NN1. The maximum atomic E-state index is 4.18. The Labute approximate surface area is 68.7 Å². The second kappa shape index (κ2) is 1.98. The van der Waals surface area contributed by atoms with E-state index in [1.807, 2.05) is 6.20 Å². The van der Waals surface area contributed by atoms with E-state index in [1.165, 1.54) is 5.57 Å². The van der Waals surface area contributed by atoms with Crippen molar-refractivity contribution < 1.29 is 0 Å². The smallest absolute Gasteiger partial charge is 0.0931 e. The first-order chi connectivity index (χ1) is 5.93. The summed E-state index contributed by atoms with van der Waals surface area (Å²) in [4.78, 5) is 7.26. The summed E-state index contributed by atoms with van der Waals surface area (Å²) in [5.41, 5.74) is 7.32. The van der Waals surface area contributed by atoms with Gasteiger partial charge in [0.25, 0.3) is 0 Å². The number of imidazole rings is 1. The minimum absolute atomic E-state index is 0.279. The van der Waals surface area contributed by atoms with Crippen LogP contribution in [0.25, 0.3) is 12.2 Å². The third-order valence-electron chi connectivity index (χ3n) is 2.17. The highest BCUT2D eigenvalue weighted by molar-refractivity contribution is 5.60. The highest BCUT2D eigenvalue weighted by Gasteiger charge is 2.16. The number of aromatic nitrogens is 2. The molecule has 0 saturated heterocycles. The summed E-state index contributed by atoms with van der Waals surface area (Å²) in [6.07, 6.45) is 7.87. The van der Waals surface area contributed by atoms with E-state index in [1.54, 1.807) is 6.33 Å². The maximum absolute atomic E-state index is 4.18. The molecule has 1 aromatic rings. The number of nitrogens with zero attached hydrogens (tertiary/aromatic N) is 1. The van der Waals surface area contributed by atoms with E-state index in [0.29, 0.717) is 0 Å². The molecule has 3 N–H and O–H groups in total. The van der Waals surface area contributed by atoms with Crippen molar-refractivity contribution in [2.24, 2.45) is 0 Å². The number of rotatable bonds is 0. The molecule has 12 heavy (non-hydrogen) atoms. The Hall–Kier alpha value is -1.55. The Morgan fingerprint density at radius 2 is 2.42 bits per heavy atom. The minimum Gasteiger partial charge on any atom is -0.345 e. The molecule has 2 heterocycles. The van der Waals surface area contributed by atoms with Crippen molar-refractivity contribution in [2.75, 3.05) is 0 Å². The van der Waals surface area contributed by atoms with Crippen molar-refractivity contribution in [1.82, 2.24) is 20.8 Å². The van der Waals surface area contributed by atoms with Gasteiger partial charge in [-0.15, -0.1) is 0 Å². The average Bonchev–Trinajstić information content (AvgIpc) is 2.64. The fourth-order valence-corrected chi connectivity index (χ4v) is 1.55. The Morgan fingerprint density at radius 1 is 1.42 bits per heavy atom. The Bertz CT molecular complexity index is 454. The van der Waals surface area contributed by atoms with Crippen molar-refractivity contribution in [3.8, 4) is 0 Å². The van der Waals surface area contributed by atoms with Gasteiger partial charge in [0.05, 0.1) is 23.1 Å². The molecule has 1 aliphatic heterocycles. The summed E-state index contributed by atoms with van der Waals surface area (Å²) >= 11 is 0. The predicted octanol–water partition coefficient (Wildman–Crippen LogP) is -1.66. The first-order valence-corrected chi connectivity index (χ1v) is 3.87. The number of hydrogen-bond acceptors (Lipinski definition) is 3. The molecule has 1 atom stereocenters. The lowest BCUT2D eigenvalue weighted by atomic mass is 10.1. The first kappa shape index (κ1) is 6.02. The molecule has 0 radical (unpaired) electrons. The van der Waals surface area contributed by atoms with Crippen LogP contribution in [0.1, 0.15) is 0 Å². The van der Waals surface area contributed by atoms with Crippen LogP contribution in [0.5, 0.6) is 0 Å². The summed E-state index contributed by atoms with van der Waals surface area (Å²) in [6, 6.07) is 0.279. The normalized spacial score (nSPS) is 24.3. The summed E-state index contributed by atoms with van der Waals surface area (Å²) < 4.78 is 0. The number of hydrazine groups is 1. The fraction of sp³-hybridized carbons (Fsp3) is 0.125. The lowest BCUT2D eigenvalue weighted by molar-refractivity contribution is 0.668. The van der Waals surface area contributed by atoms with Crippen molar-refractivity contribution >= 4 is 12.2 Å². The van der Waals surface area contributed by atoms with Gasteiger partial charge < -0.3 is 10.4 Å². The van der Waals surface area contributed by atoms with Crippen molar-refractivity contribution in [1.29, 1.82) is 0 Å². The second-order valence-corrected chi connectivity index (χ2v) is 2.92. The van der Waals surface area contributed by atoms with Gasteiger partial charge in [-0.05, 0) is 17.7 Å². The van der Waals surface area contributed by atoms with Gasteiger partial charge in [-0.2, -0.15) is 0 Å². The third-order valence-corrected chi connectivity index (χ3v) is 2.17. The van der Waals surface area contributed by atoms with Gasteiger partial charge in [0.15, 0.2) is 0 Å². The standard InChI is InChI=1S/C8H8N4/c1-5-3-11-12-6(5)2-8-7(1)9-4-10-8/h1-4,6,11-12H,(H,9,10). The van der Waals surface area contributed by atoms with Crippen LogP contribution in [0.15, 0.2) is 18.1 Å². The molecular formula is C8H8N4. The topological polar surface area (TPSA) is 52.7 Å². The van der Waals surface area contributed by atoms with E-state index >= 15 is 0 Å². The van der Waals surface area contributed by atoms with Gasteiger partial charge in [-0.25, -0.2) is 10.4 Å². The lowest BCUT2D eigenvalue weighted by Crippen LogP contribution is -2.37. The molecule has 1 unspecified atom stereocenters. The molecule has 0 saturated carbocycles. The molecule has 0 amide bonds. The van der Waals surface area contributed by atoms with Crippen LogP contribution < -0.4 is 21.5 Å². The van der Waals surface area contributed by atoms with Gasteiger partial charge in [-0.1, -0.05) is 0 Å². The predicted molar refractivity (Wildman–Crippen MR) is 44.9 cm³/mol. The van der Waals surface area contributed by atoms with Gasteiger partial charge in [0.2, 0.25) is 0 Å². The minimum atomic E-state index is 0.279. The summed E-state index contributed by atoms with van der Waals surface area (Å²) in [7, 11) is 0. The van der Waals surface area contributed by atoms with Gasteiger partial charge in [-0.3, -0.25) is 0 Å². The zero-order valence-corrected chi connectivity index (χ0v) is 6.33. The molecule has 3 rings (SSSR count). The highest BCUT2D eigenvalue weighted by Crippen LogP contribution is 2.09. The molecule has 0 aromatic carbocycles. The number of fused-ring (bicyclic) bond motifs is 2. The van der Waals surface area contributed by atoms with E-state index in [9.17, 15) is 0 Å². The average molecular weight is 160 g/mol. The van der Waals surface area contributed by atoms with Crippen LogP contribution in [0.2, 0.25) is 0 Å². The maximum Gasteiger partial charge on any atom is 0.0931 e. The molecule has 4 nitrogen and oxygen atoms in total. The van der Waals surface area contributed by atoms with Crippen molar-refractivity contribution in [3.63, 3.8) is 0 Å². The van der Waals surface area contributed by atoms with Gasteiger partial charge >= 0.3 is 0 Å². The largest absolute Gasteiger partial charge is 0.345 e. The Morgan fingerprint density at radius 3 is 3.42 bits per heavy atom. The summed E-state index contributed by atoms with van der Waals surface area (Å²) in [6.45, 7) is 0. The number of nitrogens with one attached hydrogen (secondary N) is 3. The molecule has 60 valence electrons. The third kappa shape index (κ3) is 0.670. The lowest BCUT2D eigenvalue weighted by Gasteiger charge is -2.07. The Balaban J connectivity index is 2.35. The van der Waals surface area contributed by atoms with Crippen LogP contribution in [0.3, 0.4) is 0 Å². The van der Waals surface area contributed by atoms with Gasteiger partial charge in [0, 0.05) is 6.20 Å². The number of aromatic amines is 1.